The number of aryl methyl sites for hydroxylation is 1. The quantitative estimate of drug-likeness (QED) is 0.591. The van der Waals surface area contributed by atoms with Crippen LogP contribution in [-0.2, 0) is 4.79 Å². The van der Waals surface area contributed by atoms with Gasteiger partial charge in [-0.25, -0.2) is 0 Å². The first-order valence-electron chi connectivity index (χ1n) is 9.01. The summed E-state index contributed by atoms with van der Waals surface area (Å²) in [6, 6.07) is 11.1. The van der Waals surface area contributed by atoms with Crippen LogP contribution in [0.4, 0.5) is 5.69 Å². The standard InChI is InChI=1S/C20H18ClN3O4S/c1-12-3-5-13(6-4-12)19-23-24-20(28-19)29-11-18(25)22-15-10-17-16(9-14(15)21)26-7-2-8-27-17/h3-6,9-10H,2,7-8,11H2,1H3,(H,22,25). The molecule has 0 aliphatic carbocycles. The number of benzene rings is 2. The predicted octanol–water partition coefficient (Wildman–Crippen LogP) is 4.59. The van der Waals surface area contributed by atoms with Crippen LogP contribution in [0.2, 0.25) is 5.02 Å². The highest BCUT2D eigenvalue weighted by molar-refractivity contribution is 7.99. The number of nitrogens with zero attached hydrogens (tertiary/aromatic N) is 2. The molecular formula is C20H18ClN3O4S. The lowest BCUT2D eigenvalue weighted by Gasteiger charge is -2.12. The van der Waals surface area contributed by atoms with Gasteiger partial charge in [0, 0.05) is 24.1 Å². The van der Waals surface area contributed by atoms with Crippen LogP contribution in [0.25, 0.3) is 11.5 Å². The molecule has 0 saturated carbocycles. The van der Waals surface area contributed by atoms with Crippen molar-refractivity contribution < 1.29 is 18.7 Å². The van der Waals surface area contributed by atoms with Crippen LogP contribution in [0.15, 0.2) is 46.0 Å². The number of nitrogens with one attached hydrogen (secondary N) is 1. The molecular weight excluding hydrogens is 414 g/mol. The fourth-order valence-corrected chi connectivity index (χ4v) is 3.44. The molecule has 29 heavy (non-hydrogen) atoms. The van der Waals surface area contributed by atoms with E-state index in [1.807, 2.05) is 31.2 Å². The van der Waals surface area contributed by atoms with Crippen LogP contribution in [0.5, 0.6) is 11.5 Å². The Morgan fingerprint density at radius 1 is 1.14 bits per heavy atom. The average molecular weight is 432 g/mol. The van der Waals surface area contributed by atoms with E-state index in [2.05, 4.69) is 15.5 Å². The lowest BCUT2D eigenvalue weighted by atomic mass is 10.1. The maximum Gasteiger partial charge on any atom is 0.277 e. The molecule has 1 aliphatic heterocycles. The topological polar surface area (TPSA) is 86.5 Å². The molecule has 7 nitrogen and oxygen atoms in total. The minimum Gasteiger partial charge on any atom is -0.490 e. The molecule has 1 N–H and O–H groups in total. The lowest BCUT2D eigenvalue weighted by Crippen LogP contribution is -2.14. The van der Waals surface area contributed by atoms with Crippen LogP contribution >= 0.6 is 23.4 Å². The zero-order valence-electron chi connectivity index (χ0n) is 15.6. The zero-order valence-corrected chi connectivity index (χ0v) is 17.2. The fraction of sp³-hybridized carbons (Fsp3) is 0.250. The molecule has 0 radical (unpaired) electrons. The Balaban J connectivity index is 1.37. The van der Waals surface area contributed by atoms with Crippen LogP contribution in [0, 0.1) is 6.92 Å². The number of thioether (sulfide) groups is 1. The molecule has 2 heterocycles. The molecule has 1 amide bonds. The number of fused-ring (bicyclic) bond motifs is 1. The first kappa shape index (κ1) is 19.6. The van der Waals surface area contributed by atoms with E-state index in [1.54, 1.807) is 12.1 Å². The van der Waals surface area contributed by atoms with Crippen molar-refractivity contribution >= 4 is 35.0 Å². The molecule has 4 rings (SSSR count). The zero-order chi connectivity index (χ0) is 20.2. The second-order valence-electron chi connectivity index (χ2n) is 6.41. The summed E-state index contributed by atoms with van der Waals surface area (Å²) in [6.45, 7) is 3.13. The van der Waals surface area contributed by atoms with Gasteiger partial charge in [-0.2, -0.15) is 0 Å². The minimum absolute atomic E-state index is 0.0975. The van der Waals surface area contributed by atoms with Crippen LogP contribution in [-0.4, -0.2) is 35.1 Å². The third kappa shape index (κ3) is 4.83. The number of hydrogen-bond acceptors (Lipinski definition) is 7. The van der Waals surface area contributed by atoms with Crippen LogP contribution in [0.1, 0.15) is 12.0 Å². The fourth-order valence-electron chi connectivity index (χ4n) is 2.67. The van der Waals surface area contributed by atoms with Gasteiger partial charge in [-0.15, -0.1) is 10.2 Å². The first-order valence-corrected chi connectivity index (χ1v) is 10.4. The van der Waals surface area contributed by atoms with Crippen molar-refractivity contribution in [2.24, 2.45) is 0 Å². The van der Waals surface area contributed by atoms with Crippen molar-refractivity contribution in [2.45, 2.75) is 18.6 Å². The van der Waals surface area contributed by atoms with Gasteiger partial charge in [0.05, 0.1) is 29.7 Å². The maximum absolute atomic E-state index is 12.3. The highest BCUT2D eigenvalue weighted by Gasteiger charge is 2.16. The third-order valence-corrected chi connectivity index (χ3v) is 5.27. The molecule has 1 aromatic heterocycles. The van der Waals surface area contributed by atoms with Gasteiger partial charge < -0.3 is 19.2 Å². The second-order valence-corrected chi connectivity index (χ2v) is 7.74. The number of amides is 1. The number of carbonyl (C=O) groups is 1. The molecule has 0 bridgehead atoms. The van der Waals surface area contributed by atoms with Crippen molar-refractivity contribution in [3.05, 3.63) is 47.0 Å². The molecule has 0 atom stereocenters. The van der Waals surface area contributed by atoms with E-state index in [1.165, 1.54) is 0 Å². The van der Waals surface area contributed by atoms with Crippen LogP contribution in [0.3, 0.4) is 0 Å². The molecule has 9 heteroatoms. The Hall–Kier alpha value is -2.71. The highest BCUT2D eigenvalue weighted by Crippen LogP contribution is 2.37. The average Bonchev–Trinajstić information content (AvgIpc) is 3.07. The van der Waals surface area contributed by atoms with Gasteiger partial charge >= 0.3 is 0 Å². The van der Waals surface area contributed by atoms with Crippen molar-refractivity contribution in [1.82, 2.24) is 10.2 Å². The molecule has 2 aromatic carbocycles. The van der Waals surface area contributed by atoms with Crippen molar-refractivity contribution in [3.63, 3.8) is 0 Å². The molecule has 1 aliphatic rings. The second kappa shape index (κ2) is 8.75. The summed E-state index contributed by atoms with van der Waals surface area (Å²) >= 11 is 7.41. The monoisotopic (exact) mass is 431 g/mol. The molecule has 150 valence electrons. The van der Waals surface area contributed by atoms with Crippen molar-refractivity contribution in [1.29, 1.82) is 0 Å². The number of rotatable bonds is 5. The smallest absolute Gasteiger partial charge is 0.277 e. The molecule has 0 unspecified atom stereocenters. The summed E-state index contributed by atoms with van der Waals surface area (Å²) in [6.07, 6.45) is 0.791. The summed E-state index contributed by atoms with van der Waals surface area (Å²) in [5.41, 5.74) is 2.44. The van der Waals surface area contributed by atoms with Gasteiger partial charge in [0.15, 0.2) is 11.5 Å². The van der Waals surface area contributed by atoms with Gasteiger partial charge in [0.25, 0.3) is 5.22 Å². The van der Waals surface area contributed by atoms with E-state index in [0.717, 1.165) is 29.3 Å². The maximum atomic E-state index is 12.3. The van der Waals surface area contributed by atoms with Gasteiger partial charge in [-0.05, 0) is 19.1 Å². The largest absolute Gasteiger partial charge is 0.490 e. The SMILES string of the molecule is Cc1ccc(-c2nnc(SCC(=O)Nc3cc4c(cc3Cl)OCCCO4)o2)cc1. The minimum atomic E-state index is -0.249. The highest BCUT2D eigenvalue weighted by atomic mass is 35.5. The Bertz CT molecular complexity index is 1020. The van der Waals surface area contributed by atoms with E-state index in [9.17, 15) is 4.79 Å². The number of anilines is 1. The number of carbonyl (C=O) groups excluding carboxylic acids is 1. The summed E-state index contributed by atoms with van der Waals surface area (Å²) in [5.74, 6) is 1.41. The Morgan fingerprint density at radius 3 is 2.62 bits per heavy atom. The molecule has 0 fully saturated rings. The molecule has 0 saturated heterocycles. The van der Waals surface area contributed by atoms with Crippen molar-refractivity contribution in [2.75, 3.05) is 24.3 Å². The van der Waals surface area contributed by atoms with E-state index < -0.39 is 0 Å². The van der Waals surface area contributed by atoms with E-state index >= 15 is 0 Å². The third-order valence-electron chi connectivity index (χ3n) is 4.14. The van der Waals surface area contributed by atoms with E-state index in [0.29, 0.717) is 46.5 Å². The number of halogens is 1. The Morgan fingerprint density at radius 2 is 1.86 bits per heavy atom. The van der Waals surface area contributed by atoms with E-state index in [4.69, 9.17) is 25.5 Å². The lowest BCUT2D eigenvalue weighted by molar-refractivity contribution is -0.113. The normalized spacial score (nSPS) is 13.0. The van der Waals surface area contributed by atoms with Crippen molar-refractivity contribution in [3.8, 4) is 23.0 Å². The summed E-state index contributed by atoms with van der Waals surface area (Å²) in [5, 5.41) is 11.5. The van der Waals surface area contributed by atoms with E-state index in [-0.39, 0.29) is 11.7 Å². The van der Waals surface area contributed by atoms with Crippen LogP contribution < -0.4 is 14.8 Å². The Kier molecular flexibility index (Phi) is 5.92. The number of hydrogen-bond donors (Lipinski definition) is 1. The van der Waals surface area contributed by atoms with Gasteiger partial charge in [-0.3, -0.25) is 4.79 Å². The van der Waals surface area contributed by atoms with Gasteiger partial charge in [0.2, 0.25) is 11.8 Å². The first-order chi connectivity index (χ1) is 14.1. The summed E-state index contributed by atoms with van der Waals surface area (Å²) in [7, 11) is 0. The molecule has 3 aromatic rings. The number of aromatic nitrogens is 2. The van der Waals surface area contributed by atoms with Gasteiger partial charge in [0.1, 0.15) is 0 Å². The number of ether oxygens (including phenoxy) is 2. The Labute approximate surface area is 176 Å². The summed E-state index contributed by atoms with van der Waals surface area (Å²) in [4.78, 5) is 12.3. The predicted molar refractivity (Wildman–Crippen MR) is 111 cm³/mol. The molecule has 0 spiro atoms. The van der Waals surface area contributed by atoms with Gasteiger partial charge in [-0.1, -0.05) is 41.1 Å². The summed E-state index contributed by atoms with van der Waals surface area (Å²) < 4.78 is 16.8.